The summed E-state index contributed by atoms with van der Waals surface area (Å²) in [6.07, 6.45) is 9.56. The molecule has 0 unspecified atom stereocenters. The normalized spacial score (nSPS) is 15.6. The van der Waals surface area contributed by atoms with Crippen molar-refractivity contribution in [2.45, 2.75) is 25.4 Å². The Morgan fingerprint density at radius 3 is 2.39 bits per heavy atom. The first kappa shape index (κ1) is 31.3. The molecule has 2 aliphatic rings. The summed E-state index contributed by atoms with van der Waals surface area (Å²) in [6, 6.07) is 4.56. The summed E-state index contributed by atoms with van der Waals surface area (Å²) in [5, 5.41) is 3.54. The number of hydrogen-bond acceptors (Lipinski definition) is 9. The number of nitrogens with one attached hydrogen (secondary N) is 1. The van der Waals surface area contributed by atoms with Gasteiger partial charge in [-0.1, -0.05) is 29.3 Å². The van der Waals surface area contributed by atoms with Crippen LogP contribution in [0.1, 0.15) is 18.4 Å². The summed E-state index contributed by atoms with van der Waals surface area (Å²) in [7, 11) is 6.85. The number of carbonyl (C=O) groups excluding carboxylic acids is 2. The number of rotatable bonds is 9. The molecule has 4 heterocycles. The van der Waals surface area contributed by atoms with E-state index >= 15 is 0 Å². The predicted molar refractivity (Wildman–Crippen MR) is 170 cm³/mol. The minimum Gasteiger partial charge on any atom is -0.495 e. The summed E-state index contributed by atoms with van der Waals surface area (Å²) in [5.74, 6) is 1.39. The van der Waals surface area contributed by atoms with Crippen LogP contribution in [0.2, 0.25) is 10.0 Å². The molecule has 3 amide bonds. The van der Waals surface area contributed by atoms with Crippen molar-refractivity contribution in [3.63, 3.8) is 0 Å². The topological polar surface area (TPSA) is 116 Å². The molecule has 0 saturated carbocycles. The number of urea groups is 1. The maximum absolute atomic E-state index is 14.4. The van der Waals surface area contributed by atoms with Crippen molar-refractivity contribution in [1.29, 1.82) is 0 Å². The SMILES string of the molecule is COc1cc(OC)c(Cl)c(N2Cc3cnc(Nc4ccncc4)nc3N(C3CCN(C(=O)/C=C/CN(C)C)CC3)C2=O)c1Cl. The maximum Gasteiger partial charge on any atom is 0.330 e. The lowest BCUT2D eigenvalue weighted by Crippen LogP contribution is -2.55. The fraction of sp³-hybridized carbons (Fsp3) is 0.367. The smallest absolute Gasteiger partial charge is 0.330 e. The number of pyridine rings is 1. The van der Waals surface area contributed by atoms with Gasteiger partial charge in [0.2, 0.25) is 11.9 Å². The molecular formula is C30H34Cl2N8O4. The van der Waals surface area contributed by atoms with Crippen molar-refractivity contribution < 1.29 is 19.1 Å². The molecule has 2 aromatic heterocycles. The van der Waals surface area contributed by atoms with Gasteiger partial charge in [0.1, 0.15) is 27.4 Å². The zero-order valence-corrected chi connectivity index (χ0v) is 26.5. The highest BCUT2D eigenvalue weighted by Gasteiger charge is 2.41. The van der Waals surface area contributed by atoms with Gasteiger partial charge in [-0.05, 0) is 39.1 Å². The molecule has 0 radical (unpaired) electrons. The van der Waals surface area contributed by atoms with E-state index in [1.54, 1.807) is 52.7 Å². The van der Waals surface area contributed by atoms with Crippen molar-refractivity contribution in [3.8, 4) is 11.5 Å². The molecule has 1 aromatic carbocycles. The summed E-state index contributed by atoms with van der Waals surface area (Å²) >= 11 is 13.5. The van der Waals surface area contributed by atoms with Crippen LogP contribution in [0.3, 0.4) is 0 Å². The molecule has 5 rings (SSSR count). The lowest BCUT2D eigenvalue weighted by atomic mass is 10.0. The van der Waals surface area contributed by atoms with Gasteiger partial charge in [-0.2, -0.15) is 4.98 Å². The monoisotopic (exact) mass is 640 g/mol. The van der Waals surface area contributed by atoms with Crippen LogP contribution in [0, 0.1) is 0 Å². The molecule has 0 aliphatic carbocycles. The molecule has 2 aliphatic heterocycles. The zero-order chi connectivity index (χ0) is 31.4. The van der Waals surface area contributed by atoms with Gasteiger partial charge in [0, 0.05) is 67.7 Å². The predicted octanol–water partition coefficient (Wildman–Crippen LogP) is 4.99. The Morgan fingerprint density at radius 1 is 1.11 bits per heavy atom. The van der Waals surface area contributed by atoms with E-state index < -0.39 is 0 Å². The first-order valence-corrected chi connectivity index (χ1v) is 14.8. The zero-order valence-electron chi connectivity index (χ0n) is 25.0. The molecule has 12 nitrogen and oxygen atoms in total. The van der Waals surface area contributed by atoms with E-state index in [2.05, 4.69) is 15.3 Å². The number of nitrogens with zero attached hydrogens (tertiary/aromatic N) is 7. The highest BCUT2D eigenvalue weighted by atomic mass is 35.5. The summed E-state index contributed by atoms with van der Waals surface area (Å²) < 4.78 is 10.9. The first-order valence-electron chi connectivity index (χ1n) is 14.1. The number of piperidine rings is 1. The highest BCUT2D eigenvalue weighted by Crippen LogP contribution is 2.48. The molecule has 0 bridgehead atoms. The molecule has 1 N–H and O–H groups in total. The second-order valence-electron chi connectivity index (χ2n) is 10.6. The van der Waals surface area contributed by atoms with E-state index in [-0.39, 0.29) is 40.3 Å². The third-order valence-electron chi connectivity index (χ3n) is 7.46. The van der Waals surface area contributed by atoms with Crippen LogP contribution < -0.4 is 24.6 Å². The molecule has 0 spiro atoms. The first-order chi connectivity index (χ1) is 21.2. The third-order valence-corrected chi connectivity index (χ3v) is 8.20. The summed E-state index contributed by atoms with van der Waals surface area (Å²) in [4.78, 5) is 47.6. The van der Waals surface area contributed by atoms with Crippen molar-refractivity contribution in [3.05, 3.63) is 64.6 Å². The second kappa shape index (κ2) is 13.7. The molecule has 44 heavy (non-hydrogen) atoms. The number of benzene rings is 1. The standard InChI is InChI=1S/C30H34Cl2N8O4/c1-37(2)13-5-6-24(41)38-14-9-21(10-15-38)40-28-19(17-34-29(36-28)35-20-7-11-33-12-8-20)18-39(30(40)42)27-25(31)22(43-3)16-23(44-4)26(27)32/h5-8,11-12,16-17,21H,9-10,13-15,18H2,1-4H3,(H,33,34,35,36)/b6-5+. The minimum atomic E-state index is -0.360. The van der Waals surface area contributed by atoms with Gasteiger partial charge in [-0.25, -0.2) is 9.78 Å². The Bertz CT molecular complexity index is 1520. The number of aromatic nitrogens is 3. The minimum absolute atomic E-state index is 0.0505. The molecule has 3 aromatic rings. The molecule has 0 atom stereocenters. The van der Waals surface area contributed by atoms with Crippen LogP contribution in [0.4, 0.5) is 27.9 Å². The Balaban J connectivity index is 1.50. The number of hydrogen-bond donors (Lipinski definition) is 1. The summed E-state index contributed by atoms with van der Waals surface area (Å²) in [5.41, 5.74) is 1.72. The third kappa shape index (κ3) is 6.52. The van der Waals surface area contributed by atoms with E-state index in [1.165, 1.54) is 19.1 Å². The van der Waals surface area contributed by atoms with Crippen LogP contribution in [0.5, 0.6) is 11.5 Å². The van der Waals surface area contributed by atoms with Crippen LogP contribution >= 0.6 is 23.2 Å². The molecule has 232 valence electrons. The van der Waals surface area contributed by atoms with Gasteiger partial charge in [-0.15, -0.1) is 0 Å². The average Bonchev–Trinajstić information content (AvgIpc) is 3.02. The van der Waals surface area contributed by atoms with Gasteiger partial charge in [0.25, 0.3) is 0 Å². The maximum atomic E-state index is 14.4. The van der Waals surface area contributed by atoms with Crippen LogP contribution in [0.15, 0.2) is 48.9 Å². The van der Waals surface area contributed by atoms with Gasteiger partial charge in [0.05, 0.1) is 26.5 Å². The fourth-order valence-corrected chi connectivity index (χ4v) is 5.93. The average molecular weight is 642 g/mol. The van der Waals surface area contributed by atoms with Crippen LogP contribution in [-0.2, 0) is 11.3 Å². The van der Waals surface area contributed by atoms with Crippen LogP contribution in [0.25, 0.3) is 0 Å². The van der Waals surface area contributed by atoms with Gasteiger partial charge in [-0.3, -0.25) is 19.6 Å². The molecular weight excluding hydrogens is 607 g/mol. The molecule has 1 fully saturated rings. The van der Waals surface area contributed by atoms with Crippen LogP contribution in [-0.4, -0.2) is 90.7 Å². The van der Waals surface area contributed by atoms with E-state index in [4.69, 9.17) is 37.7 Å². The van der Waals surface area contributed by atoms with Gasteiger partial charge < -0.3 is 24.6 Å². The molecule has 1 saturated heterocycles. The number of likely N-dealkylation sites (N-methyl/N-ethyl adjacent to an activating group) is 1. The lowest BCUT2D eigenvalue weighted by molar-refractivity contribution is -0.127. The van der Waals surface area contributed by atoms with Crippen molar-refractivity contribution in [2.75, 3.05) is 63.1 Å². The van der Waals surface area contributed by atoms with Crippen molar-refractivity contribution in [1.82, 2.24) is 24.8 Å². The Labute approximate surface area is 266 Å². The number of likely N-dealkylation sites (tertiary alicyclic amines) is 1. The van der Waals surface area contributed by atoms with Gasteiger partial charge >= 0.3 is 6.03 Å². The van der Waals surface area contributed by atoms with Crippen molar-refractivity contribution in [2.24, 2.45) is 0 Å². The Hall–Kier alpha value is -4.13. The number of carbonyl (C=O) groups is 2. The number of amides is 3. The van der Waals surface area contributed by atoms with E-state index in [1.807, 2.05) is 25.1 Å². The Kier molecular flexibility index (Phi) is 9.72. The number of anilines is 4. The van der Waals surface area contributed by atoms with E-state index in [0.717, 1.165) is 5.69 Å². The number of ether oxygens (including phenoxy) is 2. The Morgan fingerprint density at radius 2 is 1.77 bits per heavy atom. The lowest BCUT2D eigenvalue weighted by Gasteiger charge is -2.43. The van der Waals surface area contributed by atoms with Crippen molar-refractivity contribution >= 4 is 58.3 Å². The highest BCUT2D eigenvalue weighted by molar-refractivity contribution is 6.42. The van der Waals surface area contributed by atoms with Gasteiger partial charge in [0.15, 0.2) is 0 Å². The quantitative estimate of drug-likeness (QED) is 0.323. The van der Waals surface area contributed by atoms with E-state index in [0.29, 0.717) is 61.3 Å². The number of methoxy groups -OCH3 is 2. The fourth-order valence-electron chi connectivity index (χ4n) is 5.23. The van der Waals surface area contributed by atoms with E-state index in [9.17, 15) is 9.59 Å². The largest absolute Gasteiger partial charge is 0.495 e. The molecule has 14 heteroatoms. The summed E-state index contributed by atoms with van der Waals surface area (Å²) in [6.45, 7) is 1.75. The number of halogens is 2. The number of fused-ring (bicyclic) bond motifs is 1. The second-order valence-corrected chi connectivity index (χ2v) is 11.4.